The van der Waals surface area contributed by atoms with Crippen molar-refractivity contribution in [2.24, 2.45) is 11.7 Å². The van der Waals surface area contributed by atoms with Gasteiger partial charge in [0.15, 0.2) is 0 Å². The number of aliphatic carboxylic acids is 1. The molecule has 0 aromatic heterocycles. The number of hydroxylamine groups is 2. The van der Waals surface area contributed by atoms with Gasteiger partial charge in [0.2, 0.25) is 0 Å². The van der Waals surface area contributed by atoms with Gasteiger partial charge in [0.25, 0.3) is 0 Å². The van der Waals surface area contributed by atoms with Crippen LogP contribution >= 0.6 is 11.6 Å². The van der Waals surface area contributed by atoms with Crippen molar-refractivity contribution < 1.29 is 19.5 Å². The molecule has 1 aliphatic rings. The Hall–Kier alpha value is -2.19. The maximum Gasteiger partial charge on any atom is 0.307 e. The van der Waals surface area contributed by atoms with Crippen molar-refractivity contribution in [2.45, 2.75) is 58.5 Å². The van der Waals surface area contributed by atoms with Crippen molar-refractivity contribution in [1.82, 2.24) is 5.06 Å². The number of nitrogens with two attached hydrogens (primary N) is 1. The van der Waals surface area contributed by atoms with Crippen molar-refractivity contribution in [3.05, 3.63) is 58.4 Å². The minimum atomic E-state index is -0.946. The molecule has 5 N–H and O–H groups in total. The molecule has 1 aliphatic heterocycles. The third-order valence-electron chi connectivity index (χ3n) is 5.97. The Balaban J connectivity index is 0.000000258. The molecule has 32 heavy (non-hydrogen) atoms. The summed E-state index contributed by atoms with van der Waals surface area (Å²) in [6.07, 6.45) is 0.823. The third-order valence-corrected chi connectivity index (χ3v) is 6.29. The average Bonchev–Trinajstić information content (AvgIpc) is 2.85. The Morgan fingerprint density at radius 1 is 1.28 bits per heavy atom. The molecule has 1 atom stereocenters. The largest absolute Gasteiger partial charge is 0.481 e. The number of benzene rings is 2. The number of carbonyl (C=O) groups is 1. The van der Waals surface area contributed by atoms with E-state index in [1.807, 2.05) is 40.7 Å². The Labute approximate surface area is 194 Å². The molecule has 0 radical (unpaired) electrons. The molecule has 0 spiro atoms. The first kappa shape index (κ1) is 26.1. The van der Waals surface area contributed by atoms with E-state index in [1.54, 1.807) is 18.2 Å². The van der Waals surface area contributed by atoms with Crippen molar-refractivity contribution in [1.29, 1.82) is 0 Å². The number of anilines is 2. The van der Waals surface area contributed by atoms with Gasteiger partial charge in [-0.25, -0.2) is 4.39 Å². The number of carboxylic acid groups (broad SMARTS) is 1. The van der Waals surface area contributed by atoms with Crippen LogP contribution in [0.5, 0.6) is 0 Å². The molecule has 3 rings (SSSR count). The van der Waals surface area contributed by atoms with Crippen LogP contribution in [0.15, 0.2) is 36.4 Å². The van der Waals surface area contributed by atoms with Gasteiger partial charge in [-0.05, 0) is 77.3 Å². The molecular formula is C24H33ClFN3O3. The topological polar surface area (TPSA) is 98.8 Å². The zero-order valence-electron chi connectivity index (χ0n) is 19.2. The van der Waals surface area contributed by atoms with Crippen molar-refractivity contribution in [3.8, 4) is 0 Å². The number of hydrogen-bond donors (Lipinski definition) is 4. The molecule has 6 nitrogen and oxygen atoms in total. The second-order valence-corrected chi connectivity index (χ2v) is 9.77. The number of halogens is 2. The van der Waals surface area contributed by atoms with Crippen LogP contribution in [0.4, 0.5) is 15.8 Å². The molecule has 1 saturated heterocycles. The van der Waals surface area contributed by atoms with E-state index in [-0.39, 0.29) is 28.2 Å². The monoisotopic (exact) mass is 465 g/mol. The second kappa shape index (κ2) is 10.2. The van der Waals surface area contributed by atoms with Gasteiger partial charge in [-0.1, -0.05) is 35.4 Å². The fraction of sp³-hybridized carbons (Fsp3) is 0.458. The lowest BCUT2D eigenvalue weighted by molar-refractivity contribution is -0.196. The summed E-state index contributed by atoms with van der Waals surface area (Å²) in [6.45, 7) is 10.7. The fourth-order valence-corrected chi connectivity index (χ4v) is 4.38. The number of nitrogens with zero attached hydrogens (tertiary/aromatic N) is 1. The smallest absolute Gasteiger partial charge is 0.307 e. The molecule has 176 valence electrons. The quantitative estimate of drug-likeness (QED) is 0.473. The van der Waals surface area contributed by atoms with E-state index in [0.29, 0.717) is 23.7 Å². The Morgan fingerprint density at radius 3 is 2.41 bits per heavy atom. The molecule has 0 bridgehead atoms. The van der Waals surface area contributed by atoms with Crippen molar-refractivity contribution >= 4 is 28.9 Å². The van der Waals surface area contributed by atoms with Crippen LogP contribution in [0.25, 0.3) is 0 Å². The number of aryl methyl sites for hydroxylation is 1. The minimum Gasteiger partial charge on any atom is -0.481 e. The highest BCUT2D eigenvalue weighted by Gasteiger charge is 2.50. The van der Waals surface area contributed by atoms with Crippen molar-refractivity contribution in [3.63, 3.8) is 0 Å². The summed E-state index contributed by atoms with van der Waals surface area (Å²) in [5.41, 5.74) is 7.53. The van der Waals surface area contributed by atoms with Crippen LogP contribution in [0.3, 0.4) is 0 Å². The molecule has 2 aromatic carbocycles. The highest BCUT2D eigenvalue weighted by atomic mass is 35.5. The highest BCUT2D eigenvalue weighted by Crippen LogP contribution is 2.42. The van der Waals surface area contributed by atoms with Crippen LogP contribution < -0.4 is 11.1 Å². The minimum absolute atomic E-state index is 0.131. The Morgan fingerprint density at radius 2 is 1.94 bits per heavy atom. The van der Waals surface area contributed by atoms with Crippen molar-refractivity contribution in [2.75, 3.05) is 11.9 Å². The van der Waals surface area contributed by atoms with E-state index >= 15 is 0 Å². The summed E-state index contributed by atoms with van der Waals surface area (Å²) in [7, 11) is 0. The second-order valence-electron chi connectivity index (χ2n) is 9.37. The first-order chi connectivity index (χ1) is 14.8. The van der Waals surface area contributed by atoms with E-state index in [1.165, 1.54) is 17.2 Å². The van der Waals surface area contributed by atoms with Gasteiger partial charge in [0, 0.05) is 16.8 Å². The molecular weight excluding hydrogens is 433 g/mol. The van der Waals surface area contributed by atoms with E-state index < -0.39 is 11.8 Å². The molecule has 0 saturated carbocycles. The molecule has 1 fully saturated rings. The molecule has 1 unspecified atom stereocenters. The lowest BCUT2D eigenvalue weighted by Crippen LogP contribution is -2.48. The first-order valence-corrected chi connectivity index (χ1v) is 10.9. The summed E-state index contributed by atoms with van der Waals surface area (Å²) in [5, 5.41) is 23.4. The predicted molar refractivity (Wildman–Crippen MR) is 126 cm³/mol. The van der Waals surface area contributed by atoms with E-state index in [9.17, 15) is 14.4 Å². The maximum absolute atomic E-state index is 13.7. The number of rotatable bonds is 5. The highest BCUT2D eigenvalue weighted by molar-refractivity contribution is 6.33. The summed E-state index contributed by atoms with van der Waals surface area (Å²) in [4.78, 5) is 10.9. The standard InChI is InChI=1S/C15H13ClFNO2.C9H20N2O/c1-9-5-6-13(10(7-9)8-14(19)20)18-15-11(16)3-2-4-12(15)17;1-8(2)5-7(6-10)9(3,4)11(8)12/h2-7,18H,8H2,1H3,(H,19,20);7,12H,5-6,10H2,1-4H3. The number of carboxylic acids is 1. The van der Waals surface area contributed by atoms with Crippen LogP contribution in [-0.4, -0.2) is 39.0 Å². The molecule has 0 amide bonds. The average molecular weight is 466 g/mol. The normalized spacial score (nSPS) is 19.2. The van der Waals surface area contributed by atoms with Crippen LogP contribution in [0.2, 0.25) is 5.02 Å². The lowest BCUT2D eigenvalue weighted by Gasteiger charge is -2.35. The maximum atomic E-state index is 13.7. The van der Waals surface area contributed by atoms with Gasteiger partial charge in [0.05, 0.1) is 17.1 Å². The van der Waals surface area contributed by atoms with Gasteiger partial charge in [-0.15, -0.1) is 0 Å². The Kier molecular flexibility index (Phi) is 8.28. The van der Waals surface area contributed by atoms with Gasteiger partial charge < -0.3 is 21.4 Å². The number of para-hydroxylation sites is 1. The third kappa shape index (κ3) is 5.98. The van der Waals surface area contributed by atoms with E-state index in [0.717, 1.165) is 12.0 Å². The zero-order valence-corrected chi connectivity index (χ0v) is 20.0. The first-order valence-electron chi connectivity index (χ1n) is 10.5. The summed E-state index contributed by atoms with van der Waals surface area (Å²) >= 11 is 5.95. The summed E-state index contributed by atoms with van der Waals surface area (Å²) in [6, 6.07) is 9.66. The van der Waals surface area contributed by atoms with E-state index in [4.69, 9.17) is 22.4 Å². The van der Waals surface area contributed by atoms with E-state index in [2.05, 4.69) is 5.32 Å². The summed E-state index contributed by atoms with van der Waals surface area (Å²) < 4.78 is 13.7. The fourth-order valence-electron chi connectivity index (χ4n) is 4.17. The van der Waals surface area contributed by atoms with Gasteiger partial charge in [0.1, 0.15) is 5.82 Å². The zero-order chi connectivity index (χ0) is 24.3. The lowest BCUT2D eigenvalue weighted by atomic mass is 9.87. The van der Waals surface area contributed by atoms with Gasteiger partial charge in [-0.3, -0.25) is 4.79 Å². The number of nitrogens with one attached hydrogen (secondary N) is 1. The van der Waals surface area contributed by atoms with Crippen LogP contribution in [0, 0.1) is 18.7 Å². The molecule has 8 heteroatoms. The van der Waals surface area contributed by atoms with Gasteiger partial charge in [-0.2, -0.15) is 5.06 Å². The van der Waals surface area contributed by atoms with Crippen LogP contribution in [-0.2, 0) is 11.2 Å². The molecule has 2 aromatic rings. The van der Waals surface area contributed by atoms with Gasteiger partial charge >= 0.3 is 5.97 Å². The molecule has 1 heterocycles. The Bertz CT molecular complexity index is 945. The SMILES string of the molecule is CC1(C)CC(CN)C(C)(C)N1O.Cc1ccc(Nc2c(F)cccc2Cl)c(CC(=O)O)c1. The number of hydrogen-bond acceptors (Lipinski definition) is 5. The van der Waals surface area contributed by atoms with Crippen LogP contribution in [0.1, 0.15) is 45.2 Å². The predicted octanol–water partition coefficient (Wildman–Crippen LogP) is 5.37. The summed E-state index contributed by atoms with van der Waals surface area (Å²) in [5.74, 6) is -1.05. The molecule has 0 aliphatic carbocycles.